The number of carbonyl (C=O) groups excluding carboxylic acids is 1. The van der Waals surface area contributed by atoms with Crippen molar-refractivity contribution < 1.29 is 9.53 Å². The summed E-state index contributed by atoms with van der Waals surface area (Å²) in [6, 6.07) is 5.51. The minimum Gasteiger partial charge on any atom is -0.377 e. The molecule has 6 heteroatoms. The predicted molar refractivity (Wildman–Crippen MR) is 82.7 cm³/mol. The molecule has 1 aliphatic rings. The van der Waals surface area contributed by atoms with Gasteiger partial charge in [-0.05, 0) is 24.5 Å². The van der Waals surface area contributed by atoms with Crippen LogP contribution in [0.2, 0.25) is 0 Å². The molecule has 22 heavy (non-hydrogen) atoms. The molecule has 1 N–H and O–H groups in total. The molecule has 1 aliphatic heterocycles. The van der Waals surface area contributed by atoms with Crippen molar-refractivity contribution in [3.05, 3.63) is 36.8 Å². The number of hydrogen-bond acceptors (Lipinski definition) is 4. The second-order valence-electron chi connectivity index (χ2n) is 5.81. The van der Waals surface area contributed by atoms with E-state index in [4.69, 9.17) is 4.74 Å². The Labute approximate surface area is 129 Å². The summed E-state index contributed by atoms with van der Waals surface area (Å²) in [4.78, 5) is 16.4. The lowest BCUT2D eigenvalue weighted by molar-refractivity contribution is -0.122. The molecule has 116 valence electrons. The number of hydrogen-bond donors (Lipinski definition) is 1. The average Bonchev–Trinajstić information content (AvgIpc) is 3.17. The molecule has 3 heterocycles. The molecule has 2 aromatic rings. The van der Waals surface area contributed by atoms with Gasteiger partial charge in [0.2, 0.25) is 5.91 Å². The number of ether oxygens (including phenoxy) is 1. The highest BCUT2D eigenvalue weighted by molar-refractivity contribution is 5.92. The monoisotopic (exact) mass is 300 g/mol. The number of anilines is 1. The maximum atomic E-state index is 12.4. The van der Waals surface area contributed by atoms with E-state index in [9.17, 15) is 4.79 Å². The van der Waals surface area contributed by atoms with Gasteiger partial charge in [-0.25, -0.2) is 4.68 Å². The molecule has 0 aromatic carbocycles. The zero-order valence-electron chi connectivity index (χ0n) is 12.8. The Morgan fingerprint density at radius 1 is 1.36 bits per heavy atom. The first kappa shape index (κ1) is 14.7. The van der Waals surface area contributed by atoms with Crippen molar-refractivity contribution in [2.24, 2.45) is 11.8 Å². The van der Waals surface area contributed by atoms with Gasteiger partial charge in [0.25, 0.3) is 0 Å². The Hall–Kier alpha value is -2.21. The van der Waals surface area contributed by atoms with Gasteiger partial charge in [0.1, 0.15) is 0 Å². The predicted octanol–water partition coefficient (Wildman–Crippen LogP) is 2.27. The summed E-state index contributed by atoms with van der Waals surface area (Å²) in [6.45, 7) is 4.80. The highest BCUT2D eigenvalue weighted by atomic mass is 16.5. The molecule has 0 bridgehead atoms. The molecular formula is C16H20N4O2. The van der Waals surface area contributed by atoms with E-state index in [2.05, 4.69) is 29.2 Å². The number of rotatable bonds is 4. The van der Waals surface area contributed by atoms with Crippen molar-refractivity contribution in [2.45, 2.75) is 26.4 Å². The Morgan fingerprint density at radius 2 is 2.14 bits per heavy atom. The third-order valence-corrected chi connectivity index (χ3v) is 3.90. The zero-order chi connectivity index (χ0) is 15.5. The molecule has 0 spiro atoms. The van der Waals surface area contributed by atoms with E-state index in [-0.39, 0.29) is 17.9 Å². The van der Waals surface area contributed by atoms with Crippen LogP contribution in [0.4, 0.5) is 5.82 Å². The first-order chi connectivity index (χ1) is 10.6. The highest BCUT2D eigenvalue weighted by Crippen LogP contribution is 2.27. The van der Waals surface area contributed by atoms with Crippen LogP contribution in [0.1, 0.15) is 20.3 Å². The SMILES string of the molecule is CC(C)C1OCCC1C(=O)Nc1ccn(-c2ccncc2)n1. The number of nitrogens with one attached hydrogen (secondary N) is 1. The van der Waals surface area contributed by atoms with Gasteiger partial charge in [-0.2, -0.15) is 5.10 Å². The second kappa shape index (κ2) is 6.27. The van der Waals surface area contributed by atoms with E-state index < -0.39 is 0 Å². The molecule has 1 fully saturated rings. The molecule has 3 rings (SSSR count). The van der Waals surface area contributed by atoms with Gasteiger partial charge >= 0.3 is 0 Å². The quantitative estimate of drug-likeness (QED) is 0.940. The highest BCUT2D eigenvalue weighted by Gasteiger charge is 2.36. The summed E-state index contributed by atoms with van der Waals surface area (Å²) in [7, 11) is 0. The Balaban J connectivity index is 1.69. The second-order valence-corrected chi connectivity index (χ2v) is 5.81. The Bertz CT molecular complexity index is 639. The fraction of sp³-hybridized carbons (Fsp3) is 0.438. The van der Waals surface area contributed by atoms with Gasteiger partial charge in [0, 0.05) is 31.3 Å². The Kier molecular flexibility index (Phi) is 4.20. The molecule has 0 saturated carbocycles. The van der Waals surface area contributed by atoms with Gasteiger partial charge in [-0.15, -0.1) is 0 Å². The van der Waals surface area contributed by atoms with Crippen LogP contribution in [-0.2, 0) is 9.53 Å². The van der Waals surface area contributed by atoms with Gasteiger partial charge < -0.3 is 10.1 Å². The van der Waals surface area contributed by atoms with E-state index in [0.29, 0.717) is 18.3 Å². The third-order valence-electron chi connectivity index (χ3n) is 3.90. The van der Waals surface area contributed by atoms with Crippen LogP contribution in [-0.4, -0.2) is 33.4 Å². The minimum absolute atomic E-state index is 0.0118. The largest absolute Gasteiger partial charge is 0.377 e. The van der Waals surface area contributed by atoms with Crippen molar-refractivity contribution in [3.63, 3.8) is 0 Å². The van der Waals surface area contributed by atoms with Gasteiger partial charge in [0.05, 0.1) is 17.7 Å². The van der Waals surface area contributed by atoms with Crippen LogP contribution in [0.25, 0.3) is 5.69 Å². The summed E-state index contributed by atoms with van der Waals surface area (Å²) < 4.78 is 7.38. The number of nitrogens with zero attached hydrogens (tertiary/aromatic N) is 3. The van der Waals surface area contributed by atoms with Crippen LogP contribution in [0, 0.1) is 11.8 Å². The van der Waals surface area contributed by atoms with Crippen molar-refractivity contribution in [1.82, 2.24) is 14.8 Å². The van der Waals surface area contributed by atoms with Gasteiger partial charge in [-0.3, -0.25) is 9.78 Å². The molecule has 0 radical (unpaired) electrons. The minimum atomic E-state index is -0.105. The maximum absolute atomic E-state index is 12.4. The lowest BCUT2D eigenvalue weighted by atomic mass is 9.92. The summed E-state index contributed by atoms with van der Waals surface area (Å²) in [6.07, 6.45) is 5.98. The van der Waals surface area contributed by atoms with Crippen molar-refractivity contribution in [1.29, 1.82) is 0 Å². The standard InChI is InChI=1S/C16H20N4O2/c1-11(2)15-13(6-10-22-15)16(21)18-14-5-9-20(19-14)12-3-7-17-8-4-12/h3-5,7-9,11,13,15H,6,10H2,1-2H3,(H,18,19,21). The van der Waals surface area contributed by atoms with E-state index in [1.807, 2.05) is 18.3 Å². The first-order valence-corrected chi connectivity index (χ1v) is 7.53. The van der Waals surface area contributed by atoms with E-state index in [1.54, 1.807) is 23.1 Å². The van der Waals surface area contributed by atoms with Crippen LogP contribution in [0.5, 0.6) is 0 Å². The summed E-state index contributed by atoms with van der Waals surface area (Å²) in [5, 5.41) is 7.27. The lowest BCUT2D eigenvalue weighted by Crippen LogP contribution is -2.32. The molecule has 2 atom stereocenters. The molecule has 6 nitrogen and oxygen atoms in total. The lowest BCUT2D eigenvalue weighted by Gasteiger charge is -2.20. The van der Waals surface area contributed by atoms with Gasteiger partial charge in [0.15, 0.2) is 5.82 Å². The van der Waals surface area contributed by atoms with Crippen molar-refractivity contribution in [3.8, 4) is 5.69 Å². The van der Waals surface area contributed by atoms with E-state index in [1.165, 1.54) is 0 Å². The molecule has 2 aromatic heterocycles. The molecule has 0 aliphatic carbocycles. The number of pyridine rings is 1. The fourth-order valence-corrected chi connectivity index (χ4v) is 2.80. The zero-order valence-corrected chi connectivity index (χ0v) is 12.8. The summed E-state index contributed by atoms with van der Waals surface area (Å²) >= 11 is 0. The van der Waals surface area contributed by atoms with Crippen molar-refractivity contribution >= 4 is 11.7 Å². The normalized spacial score (nSPS) is 21.2. The topological polar surface area (TPSA) is 69.0 Å². The van der Waals surface area contributed by atoms with Crippen LogP contribution >= 0.6 is 0 Å². The van der Waals surface area contributed by atoms with E-state index in [0.717, 1.165) is 12.1 Å². The summed E-state index contributed by atoms with van der Waals surface area (Å²) in [5.74, 6) is 0.756. The molecule has 1 saturated heterocycles. The fourth-order valence-electron chi connectivity index (χ4n) is 2.80. The number of carbonyl (C=O) groups is 1. The van der Waals surface area contributed by atoms with Crippen LogP contribution in [0.15, 0.2) is 36.8 Å². The Morgan fingerprint density at radius 3 is 2.86 bits per heavy atom. The third kappa shape index (κ3) is 3.01. The van der Waals surface area contributed by atoms with Crippen molar-refractivity contribution in [2.75, 3.05) is 11.9 Å². The molecule has 1 amide bonds. The number of amides is 1. The van der Waals surface area contributed by atoms with E-state index >= 15 is 0 Å². The maximum Gasteiger partial charge on any atom is 0.231 e. The first-order valence-electron chi connectivity index (χ1n) is 7.53. The smallest absolute Gasteiger partial charge is 0.231 e. The average molecular weight is 300 g/mol. The van der Waals surface area contributed by atoms with Crippen LogP contribution < -0.4 is 5.32 Å². The van der Waals surface area contributed by atoms with Crippen LogP contribution in [0.3, 0.4) is 0 Å². The molecular weight excluding hydrogens is 280 g/mol. The molecule has 2 unspecified atom stereocenters. The summed E-state index contributed by atoms with van der Waals surface area (Å²) in [5.41, 5.74) is 0.903. The number of aromatic nitrogens is 3. The van der Waals surface area contributed by atoms with Gasteiger partial charge in [-0.1, -0.05) is 13.8 Å².